The highest BCUT2D eigenvalue weighted by Crippen LogP contribution is 2.15. The van der Waals surface area contributed by atoms with Crippen LogP contribution in [0.3, 0.4) is 0 Å². The van der Waals surface area contributed by atoms with Crippen LogP contribution >= 0.6 is 0 Å². The van der Waals surface area contributed by atoms with E-state index in [9.17, 15) is 4.39 Å². The SMILES string of the molecule is CO[C@@H](CN)c1cccc(F)c1. The Hall–Kier alpha value is -0.930. The summed E-state index contributed by atoms with van der Waals surface area (Å²) in [5, 5.41) is 0. The molecule has 0 radical (unpaired) electrons. The highest BCUT2D eigenvalue weighted by molar-refractivity contribution is 5.19. The van der Waals surface area contributed by atoms with Gasteiger partial charge in [0.2, 0.25) is 0 Å². The molecule has 12 heavy (non-hydrogen) atoms. The second kappa shape index (κ2) is 4.18. The number of hydrogen-bond donors (Lipinski definition) is 1. The van der Waals surface area contributed by atoms with Crippen LogP contribution in [0.25, 0.3) is 0 Å². The summed E-state index contributed by atoms with van der Waals surface area (Å²) in [5.41, 5.74) is 6.20. The van der Waals surface area contributed by atoms with E-state index < -0.39 is 0 Å². The molecule has 0 heterocycles. The molecule has 0 bridgehead atoms. The average Bonchev–Trinajstić information content (AvgIpc) is 2.07. The molecular formula is C9H12FNO. The van der Waals surface area contributed by atoms with Crippen molar-refractivity contribution in [3.63, 3.8) is 0 Å². The maximum absolute atomic E-state index is 12.7. The lowest BCUT2D eigenvalue weighted by molar-refractivity contribution is 0.110. The van der Waals surface area contributed by atoms with Gasteiger partial charge >= 0.3 is 0 Å². The molecule has 0 aromatic heterocycles. The Balaban J connectivity index is 2.85. The summed E-state index contributed by atoms with van der Waals surface area (Å²) < 4.78 is 17.8. The summed E-state index contributed by atoms with van der Waals surface area (Å²) in [5.74, 6) is -0.261. The van der Waals surface area contributed by atoms with E-state index >= 15 is 0 Å². The van der Waals surface area contributed by atoms with Crippen LogP contribution < -0.4 is 5.73 Å². The smallest absolute Gasteiger partial charge is 0.123 e. The Morgan fingerprint density at radius 2 is 2.33 bits per heavy atom. The van der Waals surface area contributed by atoms with Crippen molar-refractivity contribution in [2.24, 2.45) is 5.73 Å². The third kappa shape index (κ3) is 2.03. The predicted octanol–water partition coefficient (Wildman–Crippen LogP) is 1.47. The molecule has 1 atom stereocenters. The Kier molecular flexibility index (Phi) is 3.19. The molecule has 0 fully saturated rings. The Labute approximate surface area is 71.1 Å². The lowest BCUT2D eigenvalue weighted by Crippen LogP contribution is -2.14. The predicted molar refractivity (Wildman–Crippen MR) is 45.2 cm³/mol. The first-order valence-corrected chi connectivity index (χ1v) is 3.76. The third-order valence-corrected chi connectivity index (χ3v) is 1.72. The highest BCUT2D eigenvalue weighted by Gasteiger charge is 2.07. The number of methoxy groups -OCH3 is 1. The van der Waals surface area contributed by atoms with Crippen LogP contribution in [0.1, 0.15) is 11.7 Å². The topological polar surface area (TPSA) is 35.2 Å². The minimum atomic E-state index is -0.261. The van der Waals surface area contributed by atoms with Gasteiger partial charge in [0.15, 0.2) is 0 Å². The fourth-order valence-corrected chi connectivity index (χ4v) is 1.08. The van der Waals surface area contributed by atoms with E-state index in [1.807, 2.05) is 0 Å². The van der Waals surface area contributed by atoms with Gasteiger partial charge in [-0.1, -0.05) is 12.1 Å². The van der Waals surface area contributed by atoms with Gasteiger partial charge in [0, 0.05) is 13.7 Å². The summed E-state index contributed by atoms with van der Waals surface area (Å²) in [6.07, 6.45) is -0.208. The molecule has 0 aliphatic carbocycles. The van der Waals surface area contributed by atoms with Crippen LogP contribution in [0.4, 0.5) is 4.39 Å². The van der Waals surface area contributed by atoms with Crippen molar-refractivity contribution in [2.45, 2.75) is 6.10 Å². The highest BCUT2D eigenvalue weighted by atomic mass is 19.1. The largest absolute Gasteiger partial charge is 0.375 e. The van der Waals surface area contributed by atoms with E-state index in [4.69, 9.17) is 10.5 Å². The van der Waals surface area contributed by atoms with Gasteiger partial charge in [-0.3, -0.25) is 0 Å². The average molecular weight is 169 g/mol. The summed E-state index contributed by atoms with van der Waals surface area (Å²) in [6.45, 7) is 0.361. The van der Waals surface area contributed by atoms with Gasteiger partial charge in [-0.05, 0) is 17.7 Å². The Morgan fingerprint density at radius 1 is 1.58 bits per heavy atom. The molecule has 1 aromatic carbocycles. The molecule has 2 nitrogen and oxygen atoms in total. The Morgan fingerprint density at radius 3 is 2.83 bits per heavy atom. The normalized spacial score (nSPS) is 12.9. The number of benzene rings is 1. The van der Waals surface area contributed by atoms with E-state index in [2.05, 4.69) is 0 Å². The standard InChI is InChI=1S/C9H12FNO/c1-12-9(6-11)7-3-2-4-8(10)5-7/h2-5,9H,6,11H2,1H3/t9-/m0/s1. The molecule has 2 N–H and O–H groups in total. The van der Waals surface area contributed by atoms with Crippen molar-refractivity contribution >= 4 is 0 Å². The summed E-state index contributed by atoms with van der Waals surface area (Å²) in [4.78, 5) is 0. The maximum atomic E-state index is 12.7. The molecule has 0 aliphatic rings. The van der Waals surface area contributed by atoms with Gasteiger partial charge in [0.25, 0.3) is 0 Å². The lowest BCUT2D eigenvalue weighted by Gasteiger charge is -2.12. The Bertz CT molecular complexity index is 248. The second-order valence-corrected chi connectivity index (χ2v) is 2.52. The van der Waals surface area contributed by atoms with Crippen molar-refractivity contribution in [1.29, 1.82) is 0 Å². The van der Waals surface area contributed by atoms with Crippen LogP contribution in [0.2, 0.25) is 0 Å². The van der Waals surface area contributed by atoms with Gasteiger partial charge < -0.3 is 10.5 Å². The molecule has 0 spiro atoms. The van der Waals surface area contributed by atoms with Crippen molar-refractivity contribution in [3.05, 3.63) is 35.6 Å². The van der Waals surface area contributed by atoms with Crippen LogP contribution in [-0.2, 0) is 4.74 Å². The molecular weight excluding hydrogens is 157 g/mol. The van der Waals surface area contributed by atoms with Gasteiger partial charge in [-0.2, -0.15) is 0 Å². The maximum Gasteiger partial charge on any atom is 0.123 e. The first kappa shape index (κ1) is 9.16. The summed E-state index contributed by atoms with van der Waals surface area (Å²) in [7, 11) is 1.56. The van der Waals surface area contributed by atoms with Gasteiger partial charge in [0.1, 0.15) is 5.82 Å². The van der Waals surface area contributed by atoms with Crippen LogP contribution in [0.5, 0.6) is 0 Å². The number of halogens is 1. The summed E-state index contributed by atoms with van der Waals surface area (Å²) >= 11 is 0. The number of rotatable bonds is 3. The molecule has 0 unspecified atom stereocenters. The van der Waals surface area contributed by atoms with E-state index in [0.29, 0.717) is 6.54 Å². The minimum absolute atomic E-state index is 0.208. The zero-order valence-corrected chi connectivity index (χ0v) is 6.96. The van der Waals surface area contributed by atoms with Crippen molar-refractivity contribution < 1.29 is 9.13 Å². The molecule has 0 saturated heterocycles. The van der Waals surface area contributed by atoms with Crippen molar-refractivity contribution in [2.75, 3.05) is 13.7 Å². The van der Waals surface area contributed by atoms with Crippen LogP contribution in [0.15, 0.2) is 24.3 Å². The van der Waals surface area contributed by atoms with Gasteiger partial charge in [-0.25, -0.2) is 4.39 Å². The monoisotopic (exact) mass is 169 g/mol. The molecule has 1 aromatic rings. The quantitative estimate of drug-likeness (QED) is 0.743. The molecule has 0 saturated carbocycles. The van der Waals surface area contributed by atoms with E-state index in [1.54, 1.807) is 19.2 Å². The summed E-state index contributed by atoms with van der Waals surface area (Å²) in [6, 6.07) is 6.27. The number of hydrogen-bond acceptors (Lipinski definition) is 2. The zero-order valence-electron chi connectivity index (χ0n) is 6.96. The molecule has 3 heteroatoms. The first-order chi connectivity index (χ1) is 5.77. The third-order valence-electron chi connectivity index (χ3n) is 1.72. The fourth-order valence-electron chi connectivity index (χ4n) is 1.08. The first-order valence-electron chi connectivity index (χ1n) is 3.76. The molecule has 0 aliphatic heterocycles. The van der Waals surface area contributed by atoms with E-state index in [-0.39, 0.29) is 11.9 Å². The number of nitrogens with two attached hydrogens (primary N) is 1. The minimum Gasteiger partial charge on any atom is -0.375 e. The molecule has 0 amide bonds. The fraction of sp³-hybridized carbons (Fsp3) is 0.333. The van der Waals surface area contributed by atoms with Gasteiger partial charge in [-0.15, -0.1) is 0 Å². The van der Waals surface area contributed by atoms with Gasteiger partial charge in [0.05, 0.1) is 6.10 Å². The zero-order chi connectivity index (χ0) is 8.97. The molecule has 1 rings (SSSR count). The van der Waals surface area contributed by atoms with E-state index in [1.165, 1.54) is 12.1 Å². The van der Waals surface area contributed by atoms with Crippen LogP contribution in [0, 0.1) is 5.82 Å². The number of ether oxygens (including phenoxy) is 1. The molecule has 66 valence electrons. The second-order valence-electron chi connectivity index (χ2n) is 2.52. The van der Waals surface area contributed by atoms with Crippen molar-refractivity contribution in [1.82, 2.24) is 0 Å². The van der Waals surface area contributed by atoms with E-state index in [0.717, 1.165) is 5.56 Å². The van der Waals surface area contributed by atoms with Crippen molar-refractivity contribution in [3.8, 4) is 0 Å². The lowest BCUT2D eigenvalue weighted by atomic mass is 10.1. The van der Waals surface area contributed by atoms with Crippen LogP contribution in [-0.4, -0.2) is 13.7 Å².